The Balaban J connectivity index is 2.14. The molecule has 2 atom stereocenters. The molecule has 0 radical (unpaired) electrons. The number of rotatable bonds is 8. The lowest BCUT2D eigenvalue weighted by molar-refractivity contribution is 0.0354. The van der Waals surface area contributed by atoms with E-state index >= 15 is 0 Å². The summed E-state index contributed by atoms with van der Waals surface area (Å²) in [6, 6.07) is 10.4. The van der Waals surface area contributed by atoms with Crippen molar-refractivity contribution in [2.24, 2.45) is 5.73 Å². The summed E-state index contributed by atoms with van der Waals surface area (Å²) in [5, 5.41) is 9.08. The average molecular weight is 251 g/mol. The molecule has 1 aromatic rings. The number of hydrogen-bond donors (Lipinski definition) is 2. The first-order chi connectivity index (χ1) is 8.53. The van der Waals surface area contributed by atoms with Crippen molar-refractivity contribution in [3.8, 4) is 0 Å². The molecule has 2 unspecified atom stereocenters. The van der Waals surface area contributed by atoms with Gasteiger partial charge < -0.3 is 15.6 Å². The van der Waals surface area contributed by atoms with Gasteiger partial charge in [0.25, 0.3) is 0 Å². The van der Waals surface area contributed by atoms with Crippen molar-refractivity contribution >= 4 is 0 Å². The molecule has 3 nitrogen and oxygen atoms in total. The summed E-state index contributed by atoms with van der Waals surface area (Å²) in [4.78, 5) is 0. The van der Waals surface area contributed by atoms with Crippen LogP contribution in [-0.2, 0) is 11.2 Å². The highest BCUT2D eigenvalue weighted by atomic mass is 16.5. The van der Waals surface area contributed by atoms with E-state index in [1.54, 1.807) is 0 Å². The Morgan fingerprint density at radius 1 is 1.33 bits per heavy atom. The van der Waals surface area contributed by atoms with E-state index in [2.05, 4.69) is 24.3 Å². The quantitative estimate of drug-likeness (QED) is 0.696. The standard InChI is InChI=1S/C15H25NO2/c1-13(11-15(2,16)12-17)18-10-6-9-14-7-4-3-5-8-14/h3-5,7-8,13,17H,6,9-12,16H2,1-2H3. The van der Waals surface area contributed by atoms with Gasteiger partial charge in [-0.1, -0.05) is 30.3 Å². The summed E-state index contributed by atoms with van der Waals surface area (Å²) in [5.41, 5.74) is 6.68. The van der Waals surface area contributed by atoms with Gasteiger partial charge in [0, 0.05) is 12.1 Å². The molecule has 1 aromatic carbocycles. The zero-order valence-electron chi connectivity index (χ0n) is 11.4. The Morgan fingerprint density at radius 3 is 2.61 bits per heavy atom. The smallest absolute Gasteiger partial charge is 0.0609 e. The molecule has 0 saturated carbocycles. The fourth-order valence-electron chi connectivity index (χ4n) is 1.99. The molecule has 0 fully saturated rings. The number of benzene rings is 1. The molecule has 0 aliphatic carbocycles. The monoisotopic (exact) mass is 251 g/mol. The Hall–Kier alpha value is -0.900. The highest BCUT2D eigenvalue weighted by molar-refractivity contribution is 5.14. The Kier molecular flexibility index (Phi) is 6.33. The summed E-state index contributed by atoms with van der Waals surface area (Å²) < 4.78 is 5.71. The maximum absolute atomic E-state index is 9.08. The summed E-state index contributed by atoms with van der Waals surface area (Å²) in [6.45, 7) is 4.57. The molecule has 0 aliphatic rings. The van der Waals surface area contributed by atoms with Gasteiger partial charge in [0.2, 0.25) is 0 Å². The molecule has 102 valence electrons. The molecular weight excluding hydrogens is 226 g/mol. The summed E-state index contributed by atoms with van der Waals surface area (Å²) in [5.74, 6) is 0. The third-order valence-corrected chi connectivity index (χ3v) is 2.97. The molecule has 0 aromatic heterocycles. The number of ether oxygens (including phenoxy) is 1. The minimum absolute atomic E-state index is 0.00921. The first-order valence-corrected chi connectivity index (χ1v) is 6.59. The summed E-state index contributed by atoms with van der Waals surface area (Å²) in [7, 11) is 0. The van der Waals surface area contributed by atoms with Crippen LogP contribution in [0.4, 0.5) is 0 Å². The van der Waals surface area contributed by atoms with Crippen molar-refractivity contribution < 1.29 is 9.84 Å². The van der Waals surface area contributed by atoms with E-state index in [-0.39, 0.29) is 12.7 Å². The fourth-order valence-corrected chi connectivity index (χ4v) is 1.99. The van der Waals surface area contributed by atoms with Gasteiger partial charge in [-0.25, -0.2) is 0 Å². The molecular formula is C15H25NO2. The summed E-state index contributed by atoms with van der Waals surface area (Å²) in [6.07, 6.45) is 2.81. The first kappa shape index (κ1) is 15.2. The predicted octanol–water partition coefficient (Wildman–Crippen LogP) is 2.12. The van der Waals surface area contributed by atoms with E-state index in [9.17, 15) is 0 Å². The van der Waals surface area contributed by atoms with Crippen LogP contribution >= 0.6 is 0 Å². The predicted molar refractivity (Wildman–Crippen MR) is 74.5 cm³/mol. The molecule has 0 spiro atoms. The molecule has 0 amide bonds. The van der Waals surface area contributed by atoms with Gasteiger partial charge in [-0.15, -0.1) is 0 Å². The van der Waals surface area contributed by atoms with Crippen LogP contribution in [0.15, 0.2) is 30.3 Å². The molecule has 3 heteroatoms. The van der Waals surface area contributed by atoms with Crippen molar-refractivity contribution in [2.75, 3.05) is 13.2 Å². The van der Waals surface area contributed by atoms with Gasteiger partial charge in [0.05, 0.1) is 12.7 Å². The molecule has 0 aliphatic heterocycles. The Labute approximate surface area is 110 Å². The van der Waals surface area contributed by atoms with Crippen LogP contribution in [0.2, 0.25) is 0 Å². The number of aliphatic hydroxyl groups excluding tert-OH is 1. The molecule has 18 heavy (non-hydrogen) atoms. The van der Waals surface area contributed by atoms with Gasteiger partial charge in [-0.3, -0.25) is 0 Å². The molecule has 0 saturated heterocycles. The SMILES string of the molecule is CC(CC(C)(N)CO)OCCCc1ccccc1. The van der Waals surface area contributed by atoms with Crippen LogP contribution in [0.3, 0.4) is 0 Å². The van der Waals surface area contributed by atoms with E-state index in [1.807, 2.05) is 19.9 Å². The zero-order chi connectivity index (χ0) is 13.4. The number of aryl methyl sites for hydroxylation is 1. The number of aliphatic hydroxyl groups is 1. The van der Waals surface area contributed by atoms with Gasteiger partial charge in [0.15, 0.2) is 0 Å². The highest BCUT2D eigenvalue weighted by Gasteiger charge is 2.20. The van der Waals surface area contributed by atoms with Crippen molar-refractivity contribution in [2.45, 2.75) is 44.8 Å². The van der Waals surface area contributed by atoms with E-state index < -0.39 is 5.54 Å². The molecule has 0 heterocycles. The highest BCUT2D eigenvalue weighted by Crippen LogP contribution is 2.11. The minimum Gasteiger partial charge on any atom is -0.394 e. The second kappa shape index (κ2) is 7.52. The zero-order valence-corrected chi connectivity index (χ0v) is 11.4. The van der Waals surface area contributed by atoms with Gasteiger partial charge in [-0.2, -0.15) is 0 Å². The Morgan fingerprint density at radius 2 is 2.00 bits per heavy atom. The van der Waals surface area contributed by atoms with Crippen LogP contribution in [0.5, 0.6) is 0 Å². The molecule has 0 bridgehead atoms. The maximum Gasteiger partial charge on any atom is 0.0609 e. The lowest BCUT2D eigenvalue weighted by atomic mass is 9.97. The average Bonchev–Trinajstić information content (AvgIpc) is 2.35. The third kappa shape index (κ3) is 6.15. The van der Waals surface area contributed by atoms with Crippen LogP contribution in [0, 0.1) is 0 Å². The second-order valence-electron chi connectivity index (χ2n) is 5.29. The summed E-state index contributed by atoms with van der Waals surface area (Å²) >= 11 is 0. The number of hydrogen-bond acceptors (Lipinski definition) is 3. The van der Waals surface area contributed by atoms with Crippen molar-refractivity contribution in [1.82, 2.24) is 0 Å². The van der Waals surface area contributed by atoms with Crippen LogP contribution < -0.4 is 5.73 Å². The number of nitrogens with two attached hydrogens (primary N) is 1. The normalized spacial score (nSPS) is 16.2. The lowest BCUT2D eigenvalue weighted by Crippen LogP contribution is -2.43. The van der Waals surface area contributed by atoms with Crippen LogP contribution in [0.1, 0.15) is 32.3 Å². The van der Waals surface area contributed by atoms with Gasteiger partial charge in [-0.05, 0) is 38.7 Å². The minimum atomic E-state index is -0.543. The van der Waals surface area contributed by atoms with Crippen LogP contribution in [0.25, 0.3) is 0 Å². The van der Waals surface area contributed by atoms with Crippen LogP contribution in [-0.4, -0.2) is 30.0 Å². The molecule has 3 N–H and O–H groups in total. The van der Waals surface area contributed by atoms with Gasteiger partial charge >= 0.3 is 0 Å². The van der Waals surface area contributed by atoms with Crippen molar-refractivity contribution in [1.29, 1.82) is 0 Å². The van der Waals surface area contributed by atoms with E-state index in [1.165, 1.54) is 5.56 Å². The lowest BCUT2D eigenvalue weighted by Gasteiger charge is -2.25. The van der Waals surface area contributed by atoms with E-state index in [0.29, 0.717) is 6.42 Å². The van der Waals surface area contributed by atoms with Crippen molar-refractivity contribution in [3.05, 3.63) is 35.9 Å². The Bertz CT molecular complexity index is 325. The maximum atomic E-state index is 9.08. The van der Waals surface area contributed by atoms with Crippen molar-refractivity contribution in [3.63, 3.8) is 0 Å². The second-order valence-corrected chi connectivity index (χ2v) is 5.29. The first-order valence-electron chi connectivity index (χ1n) is 6.59. The van der Waals surface area contributed by atoms with E-state index in [0.717, 1.165) is 19.4 Å². The third-order valence-electron chi connectivity index (χ3n) is 2.97. The largest absolute Gasteiger partial charge is 0.394 e. The molecule has 1 rings (SSSR count). The topological polar surface area (TPSA) is 55.5 Å². The van der Waals surface area contributed by atoms with E-state index in [4.69, 9.17) is 15.6 Å². The van der Waals surface area contributed by atoms with Gasteiger partial charge in [0.1, 0.15) is 0 Å². The fraction of sp³-hybridized carbons (Fsp3) is 0.600.